The van der Waals surface area contributed by atoms with E-state index in [9.17, 15) is 9.90 Å². The molecular weight excluding hydrogens is 609 g/mol. The first-order valence-electron chi connectivity index (χ1n) is 15.7. The van der Waals surface area contributed by atoms with Gasteiger partial charge in [-0.15, -0.1) is 0 Å². The molecule has 1 aromatic heterocycles. The number of hydrogen-bond acceptors (Lipinski definition) is 7. The molecule has 2 amide bonds. The summed E-state index contributed by atoms with van der Waals surface area (Å²) in [6.07, 6.45) is 2.59. The van der Waals surface area contributed by atoms with Gasteiger partial charge in [0.25, 0.3) is 0 Å². The normalized spacial score (nSPS) is 19.2. The van der Waals surface area contributed by atoms with Gasteiger partial charge in [-0.3, -0.25) is 0 Å². The van der Waals surface area contributed by atoms with Crippen LogP contribution in [-0.4, -0.2) is 33.0 Å². The van der Waals surface area contributed by atoms with Crippen LogP contribution in [-0.2, 0) is 29.2 Å². The average Bonchev–Trinajstić information content (AvgIpc) is 3.14. The molecule has 1 aliphatic rings. The van der Waals surface area contributed by atoms with Crippen molar-refractivity contribution in [2.24, 2.45) is 5.92 Å². The quantitative estimate of drug-likeness (QED) is 0.103. The summed E-state index contributed by atoms with van der Waals surface area (Å²) in [5.41, 5.74) is 6.95. The Labute approximate surface area is 279 Å². The second-order valence-corrected chi connectivity index (χ2v) is 12.5. The van der Waals surface area contributed by atoms with E-state index in [1.165, 1.54) is 0 Å². The monoisotopic (exact) mass is 646 g/mol. The van der Waals surface area contributed by atoms with E-state index in [2.05, 4.69) is 45.7 Å². The van der Waals surface area contributed by atoms with Crippen LogP contribution in [0.2, 0.25) is 0 Å². The van der Waals surface area contributed by atoms with E-state index in [0.717, 1.165) is 38.9 Å². The molecule has 9 heteroatoms. The highest BCUT2D eigenvalue weighted by atomic mass is 32.2. The van der Waals surface area contributed by atoms with Crippen LogP contribution in [0.3, 0.4) is 0 Å². The van der Waals surface area contributed by atoms with Crippen molar-refractivity contribution in [2.45, 2.75) is 50.3 Å². The SMILES string of the molecule is C[C@H]1[C@@H](CSc2ncccn2)O[C@@H](c2ccc(-c3ccccc3CNC(=O)NCc3ccccc3)cc2)O[C@H]1c1ccc(CO)cc1. The van der Waals surface area contributed by atoms with Crippen molar-refractivity contribution >= 4 is 17.8 Å². The molecule has 6 rings (SSSR count). The summed E-state index contributed by atoms with van der Waals surface area (Å²) < 4.78 is 13.2. The molecule has 1 fully saturated rings. The minimum Gasteiger partial charge on any atom is -0.392 e. The van der Waals surface area contributed by atoms with Gasteiger partial charge in [0.1, 0.15) is 0 Å². The van der Waals surface area contributed by atoms with Gasteiger partial charge in [-0.05, 0) is 39.4 Å². The van der Waals surface area contributed by atoms with Crippen molar-refractivity contribution in [1.29, 1.82) is 0 Å². The van der Waals surface area contributed by atoms with Crippen LogP contribution >= 0.6 is 11.8 Å². The summed E-state index contributed by atoms with van der Waals surface area (Å²) in [5, 5.41) is 16.2. The van der Waals surface area contributed by atoms with Gasteiger partial charge >= 0.3 is 6.03 Å². The number of hydrogen-bond donors (Lipinski definition) is 3. The van der Waals surface area contributed by atoms with Crippen LogP contribution in [0, 0.1) is 5.92 Å². The number of nitrogens with zero attached hydrogens (tertiary/aromatic N) is 2. The number of carbonyl (C=O) groups is 1. The van der Waals surface area contributed by atoms with E-state index in [1.807, 2.05) is 91.0 Å². The third-order valence-electron chi connectivity index (χ3n) is 8.29. The van der Waals surface area contributed by atoms with E-state index in [-0.39, 0.29) is 30.8 Å². The number of thioether (sulfide) groups is 1. The third-order valence-corrected chi connectivity index (χ3v) is 9.25. The molecule has 4 aromatic carbocycles. The van der Waals surface area contributed by atoms with Crippen molar-refractivity contribution in [1.82, 2.24) is 20.6 Å². The first kappa shape index (κ1) is 32.4. The van der Waals surface area contributed by atoms with E-state index < -0.39 is 6.29 Å². The van der Waals surface area contributed by atoms with Gasteiger partial charge in [-0.1, -0.05) is 122 Å². The minimum atomic E-state index is -0.574. The lowest BCUT2D eigenvalue weighted by molar-refractivity contribution is -0.268. The maximum atomic E-state index is 12.5. The number of nitrogens with one attached hydrogen (secondary N) is 2. The Hall–Kier alpha value is -4.54. The molecule has 0 saturated carbocycles. The molecule has 8 nitrogen and oxygen atoms in total. The molecule has 2 heterocycles. The Morgan fingerprint density at radius 3 is 2.19 bits per heavy atom. The number of urea groups is 1. The molecule has 3 N–H and O–H groups in total. The topological polar surface area (TPSA) is 106 Å². The number of ether oxygens (including phenoxy) is 2. The molecule has 5 aromatic rings. The van der Waals surface area contributed by atoms with E-state index in [1.54, 1.807) is 24.2 Å². The zero-order chi connectivity index (χ0) is 32.4. The molecule has 4 atom stereocenters. The number of aliphatic hydroxyl groups excluding tert-OH is 1. The number of aliphatic hydroxyl groups is 1. The minimum absolute atomic E-state index is 0.00354. The maximum absolute atomic E-state index is 12.5. The van der Waals surface area contributed by atoms with Crippen LogP contribution in [0.15, 0.2) is 127 Å². The van der Waals surface area contributed by atoms with Gasteiger partial charge in [0.15, 0.2) is 11.4 Å². The predicted octanol–water partition coefficient (Wildman–Crippen LogP) is 7.22. The number of carbonyl (C=O) groups excluding carboxylic acids is 1. The first-order chi connectivity index (χ1) is 23.1. The van der Waals surface area contributed by atoms with Crippen LogP contribution in [0.25, 0.3) is 11.1 Å². The summed E-state index contributed by atoms with van der Waals surface area (Å²) >= 11 is 1.57. The lowest BCUT2D eigenvalue weighted by Gasteiger charge is -2.41. The van der Waals surface area contributed by atoms with Crippen LogP contribution in [0.5, 0.6) is 0 Å². The zero-order valence-electron chi connectivity index (χ0n) is 26.2. The standard InChI is InChI=1S/C38H38N4O4S/c1-26-34(25-47-38-39-20-7-21-40-38)45-36(46-35(26)30-14-12-28(24-43)13-15-30)31-18-16-29(17-19-31)33-11-6-5-10-32(33)23-42-37(44)41-22-27-8-3-2-4-9-27/h2-21,26,34-36,43H,22-25H2,1H3,(H2,41,42,44)/t26-,34+,35+,36+/m0/s1. The Kier molecular flexibility index (Phi) is 10.9. The Balaban J connectivity index is 1.16. The van der Waals surface area contributed by atoms with Crippen LogP contribution in [0.4, 0.5) is 4.79 Å². The maximum Gasteiger partial charge on any atom is 0.315 e. The van der Waals surface area contributed by atoms with Gasteiger partial charge in [0.05, 0.1) is 18.8 Å². The lowest BCUT2D eigenvalue weighted by atomic mass is 9.91. The Bertz CT molecular complexity index is 1720. The van der Waals surface area contributed by atoms with Gasteiger partial charge in [0.2, 0.25) is 0 Å². The van der Waals surface area contributed by atoms with Crippen molar-refractivity contribution < 1.29 is 19.4 Å². The van der Waals surface area contributed by atoms with Gasteiger partial charge < -0.3 is 25.2 Å². The molecular formula is C38H38N4O4S. The molecule has 0 spiro atoms. The Morgan fingerprint density at radius 2 is 1.45 bits per heavy atom. The third kappa shape index (κ3) is 8.44. The fourth-order valence-corrected chi connectivity index (χ4v) is 6.58. The molecule has 47 heavy (non-hydrogen) atoms. The van der Waals surface area contributed by atoms with Gasteiger partial charge in [0, 0.05) is 42.7 Å². The molecule has 0 bridgehead atoms. The Morgan fingerprint density at radius 1 is 0.766 bits per heavy atom. The lowest BCUT2D eigenvalue weighted by Crippen LogP contribution is -2.38. The predicted molar refractivity (Wildman–Crippen MR) is 183 cm³/mol. The van der Waals surface area contributed by atoms with E-state index in [4.69, 9.17) is 9.47 Å². The highest BCUT2D eigenvalue weighted by Gasteiger charge is 2.38. The summed E-state index contributed by atoms with van der Waals surface area (Å²) in [5.74, 6) is 0.735. The zero-order valence-corrected chi connectivity index (χ0v) is 27.0. The number of amides is 2. The molecule has 1 aliphatic heterocycles. The largest absolute Gasteiger partial charge is 0.392 e. The second kappa shape index (κ2) is 15.8. The molecule has 0 aliphatic carbocycles. The van der Waals surface area contributed by atoms with E-state index >= 15 is 0 Å². The number of benzene rings is 4. The van der Waals surface area contributed by atoms with Gasteiger partial charge in [-0.25, -0.2) is 14.8 Å². The average molecular weight is 647 g/mol. The van der Waals surface area contributed by atoms with Crippen molar-refractivity contribution in [2.75, 3.05) is 5.75 Å². The van der Waals surface area contributed by atoms with Crippen LogP contribution in [0.1, 0.15) is 47.1 Å². The van der Waals surface area contributed by atoms with Crippen molar-refractivity contribution in [3.05, 3.63) is 149 Å². The fraction of sp³-hybridized carbons (Fsp3) is 0.237. The van der Waals surface area contributed by atoms with Crippen LogP contribution < -0.4 is 10.6 Å². The summed E-state index contributed by atoms with van der Waals surface area (Å²) in [6.45, 7) is 3.01. The number of aromatic nitrogens is 2. The second-order valence-electron chi connectivity index (χ2n) is 11.5. The summed E-state index contributed by atoms with van der Waals surface area (Å²) in [4.78, 5) is 21.3. The fourth-order valence-electron chi connectivity index (χ4n) is 5.62. The highest BCUT2D eigenvalue weighted by molar-refractivity contribution is 7.99. The van der Waals surface area contributed by atoms with E-state index in [0.29, 0.717) is 24.0 Å². The van der Waals surface area contributed by atoms with Crippen molar-refractivity contribution in [3.63, 3.8) is 0 Å². The smallest absolute Gasteiger partial charge is 0.315 e. The number of rotatable bonds is 11. The highest BCUT2D eigenvalue weighted by Crippen LogP contribution is 2.43. The summed E-state index contributed by atoms with van der Waals surface area (Å²) in [6, 6.07) is 35.7. The molecule has 240 valence electrons. The molecule has 0 radical (unpaired) electrons. The molecule has 1 saturated heterocycles. The first-order valence-corrected chi connectivity index (χ1v) is 16.7. The summed E-state index contributed by atoms with van der Waals surface area (Å²) in [7, 11) is 0. The van der Waals surface area contributed by atoms with Crippen molar-refractivity contribution in [3.8, 4) is 11.1 Å². The van der Waals surface area contributed by atoms with Gasteiger partial charge in [-0.2, -0.15) is 0 Å². The molecule has 0 unspecified atom stereocenters.